The van der Waals surface area contributed by atoms with Crippen molar-refractivity contribution in [3.8, 4) is 22.9 Å². The second-order valence-corrected chi connectivity index (χ2v) is 18.9. The number of allylic oxidation sites excluding steroid dienone is 1. The molecule has 3 N–H and O–H groups in total. The fourth-order valence-corrected chi connectivity index (χ4v) is 10.3. The van der Waals surface area contributed by atoms with E-state index in [1.807, 2.05) is 54.6 Å². The summed E-state index contributed by atoms with van der Waals surface area (Å²) in [7, 11) is -2.34. The summed E-state index contributed by atoms with van der Waals surface area (Å²) in [5, 5.41) is 10.7. The summed E-state index contributed by atoms with van der Waals surface area (Å²) in [4.78, 5) is 63.0. The SMILES string of the molecule is COc1ccc2c(c1)nn1c(O[C@@H]3C[C@H]4C(=O)N[C@]5(C(=O)NS(=O)(=O)C6CC6)C[C@H]5C=CCCCCC[C@H](NC(=O)OC5CCCC5)C(=O)N4C3)cc(-c3ccccc3)nc21. The molecule has 4 fully saturated rings. The van der Waals surface area contributed by atoms with Gasteiger partial charge in [0.05, 0.1) is 30.1 Å². The summed E-state index contributed by atoms with van der Waals surface area (Å²) in [6, 6.07) is 14.8. The molecule has 17 heteroatoms. The Morgan fingerprint density at radius 2 is 1.72 bits per heavy atom. The van der Waals surface area contributed by atoms with Crippen LogP contribution in [0.25, 0.3) is 27.8 Å². The molecule has 3 saturated carbocycles. The third-order valence-electron chi connectivity index (χ3n) is 12.6. The van der Waals surface area contributed by atoms with E-state index in [1.54, 1.807) is 23.8 Å². The number of methoxy groups -OCH3 is 1. The van der Waals surface area contributed by atoms with E-state index in [0.29, 0.717) is 60.6 Å². The van der Waals surface area contributed by atoms with E-state index in [0.717, 1.165) is 49.5 Å². The molecule has 9 rings (SSSR count). The van der Waals surface area contributed by atoms with Crippen LogP contribution in [0.15, 0.2) is 66.7 Å². The molecular formula is C44H51N7O9S. The van der Waals surface area contributed by atoms with Crippen molar-refractivity contribution in [1.29, 1.82) is 0 Å². The number of amides is 4. The number of aromatic nitrogens is 3. The van der Waals surface area contributed by atoms with Gasteiger partial charge in [-0.15, -0.1) is 0 Å². The number of nitrogens with zero attached hydrogens (tertiary/aromatic N) is 4. The van der Waals surface area contributed by atoms with Crippen molar-refractivity contribution in [3.05, 3.63) is 66.7 Å². The van der Waals surface area contributed by atoms with Crippen molar-refractivity contribution in [2.75, 3.05) is 13.7 Å². The normalized spacial score (nSPS) is 26.1. The molecule has 4 aromatic rings. The van der Waals surface area contributed by atoms with Gasteiger partial charge >= 0.3 is 6.09 Å². The molecule has 0 bridgehead atoms. The lowest BCUT2D eigenvalue weighted by Crippen LogP contribution is -2.58. The summed E-state index contributed by atoms with van der Waals surface area (Å²) < 4.78 is 47.7. The van der Waals surface area contributed by atoms with Crippen LogP contribution in [0.5, 0.6) is 11.6 Å². The summed E-state index contributed by atoms with van der Waals surface area (Å²) in [6.07, 6.45) is 10.00. The molecule has 5 aliphatic rings. The van der Waals surface area contributed by atoms with Gasteiger partial charge in [0.2, 0.25) is 27.7 Å². The number of fused-ring (bicyclic) bond motifs is 5. The minimum Gasteiger partial charge on any atom is -0.497 e. The zero-order chi connectivity index (χ0) is 42.3. The minimum atomic E-state index is -3.92. The number of benzene rings is 2. The van der Waals surface area contributed by atoms with Gasteiger partial charge in [-0.2, -0.15) is 9.61 Å². The highest BCUT2D eigenvalue weighted by atomic mass is 32.2. The van der Waals surface area contributed by atoms with Crippen LogP contribution in [0.4, 0.5) is 4.79 Å². The molecule has 16 nitrogen and oxygen atoms in total. The predicted octanol–water partition coefficient (Wildman–Crippen LogP) is 4.95. The van der Waals surface area contributed by atoms with E-state index in [1.165, 1.54) is 4.90 Å². The standard InChI is InChI=1S/C44H51N7O9S/c1-58-30-18-21-33-36(22-30)48-51-38(24-35(45-39(33)51)27-12-6-5-7-13-27)59-31-23-37-40(52)47-44(42(54)49-61(56,57)32-19-20-32)25-28(44)14-8-3-2-4-9-17-34(41(53)50(37)26-31)46-43(55)60-29-15-10-11-16-29/h5-8,12-14,18,21-22,24,28-29,31-32,34,37H,2-4,9-11,15-17,19-20,23,25-26H2,1H3,(H,46,55)(H,47,52)(H,49,54)/t28-,31-,34+,37+,44-/m1/s1. The summed E-state index contributed by atoms with van der Waals surface area (Å²) in [5.41, 5.74) is 1.08. The van der Waals surface area contributed by atoms with Gasteiger partial charge in [0.1, 0.15) is 35.6 Å². The lowest BCUT2D eigenvalue weighted by molar-refractivity contribution is -0.141. The molecule has 0 radical (unpaired) electrons. The maximum Gasteiger partial charge on any atom is 0.408 e. The average Bonchev–Trinajstić information content (AvgIpc) is 4.07. The van der Waals surface area contributed by atoms with E-state index in [4.69, 9.17) is 24.3 Å². The van der Waals surface area contributed by atoms with Crippen molar-refractivity contribution < 1.29 is 41.8 Å². The van der Waals surface area contributed by atoms with Gasteiger partial charge in [-0.25, -0.2) is 18.2 Å². The molecule has 2 aromatic carbocycles. The molecule has 0 unspecified atom stereocenters. The third-order valence-corrected chi connectivity index (χ3v) is 14.4. The molecule has 322 valence electrons. The second-order valence-electron chi connectivity index (χ2n) is 17.0. The average molecular weight is 854 g/mol. The Hall–Kier alpha value is -5.71. The molecule has 61 heavy (non-hydrogen) atoms. The van der Waals surface area contributed by atoms with E-state index >= 15 is 0 Å². The molecule has 5 atom stereocenters. The van der Waals surface area contributed by atoms with Gasteiger partial charge in [0.25, 0.3) is 5.91 Å². The van der Waals surface area contributed by atoms with Crippen LogP contribution in [0, 0.1) is 5.92 Å². The fraction of sp³-hybridized carbons (Fsp3) is 0.500. The van der Waals surface area contributed by atoms with Crippen LogP contribution in [0.2, 0.25) is 0 Å². The molecule has 2 aromatic heterocycles. The van der Waals surface area contributed by atoms with Gasteiger partial charge in [0.15, 0.2) is 5.65 Å². The van der Waals surface area contributed by atoms with Crippen LogP contribution >= 0.6 is 0 Å². The number of rotatable bonds is 9. The Balaban J connectivity index is 1.06. The number of sulfonamides is 1. The Labute approximate surface area is 353 Å². The summed E-state index contributed by atoms with van der Waals surface area (Å²) in [6.45, 7) is -0.0372. The van der Waals surface area contributed by atoms with Crippen LogP contribution in [0.1, 0.15) is 83.5 Å². The maximum absolute atomic E-state index is 14.8. The zero-order valence-corrected chi connectivity index (χ0v) is 34.9. The van der Waals surface area contributed by atoms with E-state index in [9.17, 15) is 27.6 Å². The van der Waals surface area contributed by atoms with E-state index < -0.39 is 68.7 Å². The van der Waals surface area contributed by atoms with Crippen molar-refractivity contribution in [3.63, 3.8) is 0 Å². The highest BCUT2D eigenvalue weighted by molar-refractivity contribution is 7.91. The molecule has 3 aliphatic carbocycles. The van der Waals surface area contributed by atoms with Gasteiger partial charge < -0.3 is 29.7 Å². The predicted molar refractivity (Wildman–Crippen MR) is 224 cm³/mol. The molecule has 4 heterocycles. The van der Waals surface area contributed by atoms with Crippen LogP contribution in [0.3, 0.4) is 0 Å². The number of carbonyl (C=O) groups excluding carboxylic acids is 4. The van der Waals surface area contributed by atoms with Gasteiger partial charge in [-0.1, -0.05) is 55.3 Å². The smallest absolute Gasteiger partial charge is 0.408 e. The van der Waals surface area contributed by atoms with Gasteiger partial charge in [0, 0.05) is 35.4 Å². The van der Waals surface area contributed by atoms with Crippen LogP contribution in [-0.4, -0.2) is 100 Å². The van der Waals surface area contributed by atoms with Gasteiger partial charge in [-0.3, -0.25) is 19.1 Å². The van der Waals surface area contributed by atoms with Crippen molar-refractivity contribution >= 4 is 50.4 Å². The van der Waals surface area contributed by atoms with Crippen molar-refractivity contribution in [1.82, 2.24) is 34.9 Å². The molecule has 4 amide bonds. The zero-order valence-electron chi connectivity index (χ0n) is 34.1. The van der Waals surface area contributed by atoms with Crippen LogP contribution in [-0.2, 0) is 29.1 Å². The summed E-state index contributed by atoms with van der Waals surface area (Å²) >= 11 is 0. The van der Waals surface area contributed by atoms with Crippen LogP contribution < -0.4 is 24.8 Å². The monoisotopic (exact) mass is 853 g/mol. The highest BCUT2D eigenvalue weighted by Gasteiger charge is 2.62. The Morgan fingerprint density at radius 1 is 0.934 bits per heavy atom. The minimum absolute atomic E-state index is 0.0223. The molecule has 1 saturated heterocycles. The lowest BCUT2D eigenvalue weighted by atomic mass is 10.0. The first kappa shape index (κ1) is 40.7. The Bertz CT molecular complexity index is 2480. The van der Waals surface area contributed by atoms with Gasteiger partial charge in [-0.05, 0) is 76.3 Å². The number of ether oxygens (including phenoxy) is 3. The fourth-order valence-electron chi connectivity index (χ4n) is 8.96. The highest BCUT2D eigenvalue weighted by Crippen LogP contribution is 2.46. The molecule has 0 spiro atoms. The number of alkyl carbamates (subject to hydrolysis) is 1. The first-order valence-electron chi connectivity index (χ1n) is 21.4. The number of nitrogens with one attached hydrogen (secondary N) is 3. The topological polar surface area (TPSA) is 200 Å². The number of hydrogen-bond donors (Lipinski definition) is 3. The maximum atomic E-state index is 14.8. The second kappa shape index (κ2) is 16.6. The Morgan fingerprint density at radius 3 is 2.49 bits per heavy atom. The summed E-state index contributed by atoms with van der Waals surface area (Å²) in [5.74, 6) is -1.40. The van der Waals surface area contributed by atoms with Crippen molar-refractivity contribution in [2.24, 2.45) is 5.92 Å². The molecule has 2 aliphatic heterocycles. The van der Waals surface area contributed by atoms with E-state index in [-0.39, 0.29) is 25.5 Å². The van der Waals surface area contributed by atoms with Crippen molar-refractivity contribution in [2.45, 2.75) is 119 Å². The number of carbonyl (C=O) groups is 4. The quantitative estimate of drug-likeness (QED) is 0.193. The first-order chi connectivity index (χ1) is 29.5. The van der Waals surface area contributed by atoms with E-state index in [2.05, 4.69) is 15.4 Å². The number of hydrogen-bond acceptors (Lipinski definition) is 11. The first-order valence-corrected chi connectivity index (χ1v) is 23.0. The lowest BCUT2D eigenvalue weighted by Gasteiger charge is -2.30. The largest absolute Gasteiger partial charge is 0.497 e. The molecular weight excluding hydrogens is 803 g/mol. The third kappa shape index (κ3) is 8.48. The Kier molecular flexibility index (Phi) is 11.1.